The van der Waals surface area contributed by atoms with E-state index in [0.29, 0.717) is 17.3 Å². The molecule has 6 heteroatoms. The molecule has 1 saturated heterocycles. The van der Waals surface area contributed by atoms with Gasteiger partial charge >= 0.3 is 0 Å². The Labute approximate surface area is 134 Å². The molecule has 1 aliphatic rings. The number of aromatic nitrogens is 1. The standard InChI is InChI=1S/C17H19N3O3/c1-22-13-5-7-14(8-6-13)23-16-9-4-12(11-19-16)20-17(21)15-3-2-10-18-15/h4-9,11,15,18H,2-3,10H2,1H3,(H,20,21). The number of pyridine rings is 1. The van der Waals surface area contributed by atoms with E-state index in [1.54, 1.807) is 25.4 Å². The molecule has 1 aliphatic heterocycles. The first-order valence-electron chi connectivity index (χ1n) is 7.57. The molecule has 1 aromatic heterocycles. The first-order chi connectivity index (χ1) is 11.2. The SMILES string of the molecule is COc1ccc(Oc2ccc(NC(=O)C3CCCN3)cn2)cc1. The number of anilines is 1. The number of hydrogen-bond acceptors (Lipinski definition) is 5. The molecule has 2 N–H and O–H groups in total. The van der Waals surface area contributed by atoms with E-state index in [-0.39, 0.29) is 11.9 Å². The lowest BCUT2D eigenvalue weighted by atomic mass is 10.2. The molecular formula is C17H19N3O3. The Hall–Kier alpha value is -2.60. The summed E-state index contributed by atoms with van der Waals surface area (Å²) in [4.78, 5) is 16.2. The van der Waals surface area contributed by atoms with Crippen LogP contribution in [-0.2, 0) is 4.79 Å². The van der Waals surface area contributed by atoms with Gasteiger partial charge in [-0.3, -0.25) is 4.79 Å². The van der Waals surface area contributed by atoms with Gasteiger partial charge in [-0.15, -0.1) is 0 Å². The van der Waals surface area contributed by atoms with Gasteiger partial charge in [0.25, 0.3) is 0 Å². The molecule has 2 aromatic rings. The van der Waals surface area contributed by atoms with Gasteiger partial charge in [-0.1, -0.05) is 0 Å². The zero-order valence-corrected chi connectivity index (χ0v) is 12.9. The van der Waals surface area contributed by atoms with Crippen LogP contribution >= 0.6 is 0 Å². The van der Waals surface area contributed by atoms with E-state index in [2.05, 4.69) is 15.6 Å². The molecule has 3 rings (SSSR count). The van der Waals surface area contributed by atoms with Crippen LogP contribution < -0.4 is 20.1 Å². The fourth-order valence-corrected chi connectivity index (χ4v) is 2.42. The largest absolute Gasteiger partial charge is 0.497 e. The van der Waals surface area contributed by atoms with Crippen LogP contribution in [0.2, 0.25) is 0 Å². The van der Waals surface area contributed by atoms with Gasteiger partial charge in [-0.25, -0.2) is 4.98 Å². The van der Waals surface area contributed by atoms with Gasteiger partial charge in [0, 0.05) is 6.07 Å². The summed E-state index contributed by atoms with van der Waals surface area (Å²) < 4.78 is 10.7. The number of benzene rings is 1. The highest BCUT2D eigenvalue weighted by atomic mass is 16.5. The quantitative estimate of drug-likeness (QED) is 0.887. The molecule has 0 bridgehead atoms. The van der Waals surface area contributed by atoms with Crippen molar-refractivity contribution in [1.29, 1.82) is 0 Å². The molecule has 120 valence electrons. The Balaban J connectivity index is 1.58. The highest BCUT2D eigenvalue weighted by Crippen LogP contribution is 2.23. The van der Waals surface area contributed by atoms with Crippen LogP contribution in [0.25, 0.3) is 0 Å². The lowest BCUT2D eigenvalue weighted by Crippen LogP contribution is -2.35. The van der Waals surface area contributed by atoms with Crippen LogP contribution in [0, 0.1) is 0 Å². The van der Waals surface area contributed by atoms with Crippen LogP contribution in [0.5, 0.6) is 17.4 Å². The third-order valence-electron chi connectivity index (χ3n) is 3.66. The fraction of sp³-hybridized carbons (Fsp3) is 0.294. The van der Waals surface area contributed by atoms with E-state index in [4.69, 9.17) is 9.47 Å². The van der Waals surface area contributed by atoms with Crippen molar-refractivity contribution in [2.45, 2.75) is 18.9 Å². The van der Waals surface area contributed by atoms with E-state index in [1.807, 2.05) is 24.3 Å². The van der Waals surface area contributed by atoms with Gasteiger partial charge in [-0.05, 0) is 49.7 Å². The maximum Gasteiger partial charge on any atom is 0.241 e. The van der Waals surface area contributed by atoms with Crippen LogP contribution in [0.4, 0.5) is 5.69 Å². The first kappa shape index (κ1) is 15.3. The van der Waals surface area contributed by atoms with Gasteiger partial charge in [-0.2, -0.15) is 0 Å². The van der Waals surface area contributed by atoms with Crippen LogP contribution in [0.1, 0.15) is 12.8 Å². The molecule has 1 amide bonds. The predicted molar refractivity (Wildman–Crippen MR) is 87.0 cm³/mol. The molecular weight excluding hydrogens is 294 g/mol. The molecule has 0 aliphatic carbocycles. The summed E-state index contributed by atoms with van der Waals surface area (Å²) in [5.74, 6) is 1.88. The monoisotopic (exact) mass is 313 g/mol. The molecule has 2 heterocycles. The van der Waals surface area contributed by atoms with E-state index in [1.165, 1.54) is 0 Å². The van der Waals surface area contributed by atoms with Crippen molar-refractivity contribution in [3.05, 3.63) is 42.6 Å². The number of nitrogens with one attached hydrogen (secondary N) is 2. The predicted octanol–water partition coefficient (Wildman–Crippen LogP) is 2.57. The minimum Gasteiger partial charge on any atom is -0.497 e. The topological polar surface area (TPSA) is 72.5 Å². The Bertz CT molecular complexity index is 650. The highest BCUT2D eigenvalue weighted by Gasteiger charge is 2.21. The Kier molecular flexibility index (Phi) is 4.73. The zero-order chi connectivity index (χ0) is 16.1. The second-order valence-electron chi connectivity index (χ2n) is 5.30. The summed E-state index contributed by atoms with van der Waals surface area (Å²) >= 11 is 0. The van der Waals surface area contributed by atoms with E-state index in [9.17, 15) is 4.79 Å². The highest BCUT2D eigenvalue weighted by molar-refractivity contribution is 5.94. The first-order valence-corrected chi connectivity index (χ1v) is 7.57. The zero-order valence-electron chi connectivity index (χ0n) is 12.9. The van der Waals surface area contributed by atoms with Gasteiger partial charge < -0.3 is 20.1 Å². The maximum absolute atomic E-state index is 12.0. The van der Waals surface area contributed by atoms with Crippen molar-refractivity contribution < 1.29 is 14.3 Å². The minimum atomic E-state index is -0.106. The smallest absolute Gasteiger partial charge is 0.241 e. The number of carbonyl (C=O) groups excluding carboxylic acids is 1. The Morgan fingerprint density at radius 2 is 2.00 bits per heavy atom. The van der Waals surface area contributed by atoms with Gasteiger partial charge in [0.05, 0.1) is 25.0 Å². The lowest BCUT2D eigenvalue weighted by Gasteiger charge is -2.11. The second-order valence-corrected chi connectivity index (χ2v) is 5.30. The summed E-state index contributed by atoms with van der Waals surface area (Å²) in [7, 11) is 1.62. The number of rotatable bonds is 5. The molecule has 6 nitrogen and oxygen atoms in total. The van der Waals surface area contributed by atoms with Gasteiger partial charge in [0.2, 0.25) is 11.8 Å². The van der Waals surface area contributed by atoms with Gasteiger partial charge in [0.1, 0.15) is 11.5 Å². The van der Waals surface area contributed by atoms with Crippen LogP contribution in [0.3, 0.4) is 0 Å². The van der Waals surface area contributed by atoms with Crippen molar-refractivity contribution in [2.24, 2.45) is 0 Å². The average molecular weight is 313 g/mol. The van der Waals surface area contributed by atoms with Crippen LogP contribution in [0.15, 0.2) is 42.6 Å². The molecule has 0 spiro atoms. The van der Waals surface area contributed by atoms with Crippen molar-refractivity contribution in [1.82, 2.24) is 10.3 Å². The Morgan fingerprint density at radius 1 is 1.22 bits per heavy atom. The van der Waals surface area contributed by atoms with Crippen molar-refractivity contribution in [2.75, 3.05) is 19.0 Å². The molecule has 0 radical (unpaired) electrons. The molecule has 0 saturated carbocycles. The number of ether oxygens (including phenoxy) is 2. The lowest BCUT2D eigenvalue weighted by molar-refractivity contribution is -0.117. The Morgan fingerprint density at radius 3 is 2.61 bits per heavy atom. The molecule has 1 unspecified atom stereocenters. The summed E-state index contributed by atoms with van der Waals surface area (Å²) in [6, 6.07) is 10.6. The number of amides is 1. The number of nitrogens with zero attached hydrogens (tertiary/aromatic N) is 1. The van der Waals surface area contributed by atoms with E-state index in [0.717, 1.165) is 25.1 Å². The normalized spacial score (nSPS) is 16.8. The molecule has 1 aromatic carbocycles. The molecule has 1 atom stereocenters. The van der Waals surface area contributed by atoms with Crippen LogP contribution in [-0.4, -0.2) is 30.6 Å². The van der Waals surface area contributed by atoms with Crippen molar-refractivity contribution in [3.63, 3.8) is 0 Å². The summed E-state index contributed by atoms with van der Waals surface area (Å²) in [6.45, 7) is 0.894. The van der Waals surface area contributed by atoms with Crippen molar-refractivity contribution in [3.8, 4) is 17.4 Å². The summed E-state index contributed by atoms with van der Waals surface area (Å²) in [5.41, 5.74) is 0.658. The minimum absolute atomic E-state index is 0.0203. The maximum atomic E-state index is 12.0. The average Bonchev–Trinajstić information content (AvgIpc) is 3.12. The summed E-state index contributed by atoms with van der Waals surface area (Å²) in [6.07, 6.45) is 3.49. The number of hydrogen-bond donors (Lipinski definition) is 2. The molecule has 23 heavy (non-hydrogen) atoms. The molecule has 1 fully saturated rings. The third-order valence-corrected chi connectivity index (χ3v) is 3.66. The van der Waals surface area contributed by atoms with E-state index < -0.39 is 0 Å². The fourth-order valence-electron chi connectivity index (χ4n) is 2.42. The van der Waals surface area contributed by atoms with Gasteiger partial charge in [0.15, 0.2) is 0 Å². The summed E-state index contributed by atoms with van der Waals surface area (Å²) in [5, 5.41) is 6.02. The van der Waals surface area contributed by atoms with E-state index >= 15 is 0 Å². The number of carbonyl (C=O) groups is 1. The number of methoxy groups -OCH3 is 1. The third kappa shape index (κ3) is 3.98. The second kappa shape index (κ2) is 7.11. The van der Waals surface area contributed by atoms with Crippen molar-refractivity contribution >= 4 is 11.6 Å².